The number of rotatable bonds is 2. The second-order valence-electron chi connectivity index (χ2n) is 5.10. The van der Waals surface area contributed by atoms with Crippen LogP contribution < -0.4 is 5.32 Å². The molecule has 1 heterocycles. The van der Waals surface area contributed by atoms with Crippen molar-refractivity contribution in [1.29, 1.82) is 0 Å². The monoisotopic (exact) mass is 268 g/mol. The maximum Gasteiger partial charge on any atom is 0.317 e. The lowest BCUT2D eigenvalue weighted by Crippen LogP contribution is -2.46. The molecule has 2 N–H and O–H groups in total. The van der Waals surface area contributed by atoms with Crippen molar-refractivity contribution in [2.45, 2.75) is 31.9 Å². The molecule has 1 fully saturated rings. The third-order valence-corrected chi connectivity index (χ3v) is 3.45. The van der Waals surface area contributed by atoms with Crippen LogP contribution in [0.5, 0.6) is 0 Å². The zero-order valence-electron chi connectivity index (χ0n) is 11.0. The molecule has 0 aromatic rings. The Labute approximate surface area is 112 Å². The number of carboxylic acid groups (broad SMARTS) is 1. The van der Waals surface area contributed by atoms with Crippen LogP contribution in [0.2, 0.25) is 0 Å². The largest absolute Gasteiger partial charge is 0.481 e. The number of nitrogens with zero attached hydrogens (tertiary/aromatic N) is 1. The van der Waals surface area contributed by atoms with Crippen molar-refractivity contribution in [3.63, 3.8) is 0 Å². The van der Waals surface area contributed by atoms with Crippen molar-refractivity contribution in [1.82, 2.24) is 10.2 Å². The van der Waals surface area contributed by atoms with Crippen LogP contribution in [0.4, 0.5) is 4.79 Å². The van der Waals surface area contributed by atoms with Gasteiger partial charge in [0.2, 0.25) is 0 Å². The van der Waals surface area contributed by atoms with E-state index >= 15 is 0 Å². The van der Waals surface area contributed by atoms with Gasteiger partial charge in [-0.2, -0.15) is 0 Å². The van der Waals surface area contributed by atoms with Crippen LogP contribution in [0.25, 0.3) is 0 Å². The van der Waals surface area contributed by atoms with Crippen molar-refractivity contribution in [2.24, 2.45) is 5.92 Å². The number of amides is 2. The van der Waals surface area contributed by atoms with Gasteiger partial charge in [-0.3, -0.25) is 4.79 Å². The highest BCUT2D eigenvalue weighted by Crippen LogP contribution is 2.18. The van der Waals surface area contributed by atoms with Crippen molar-refractivity contribution >= 4 is 12.0 Å². The summed E-state index contributed by atoms with van der Waals surface area (Å²) in [6.45, 7) is 3.87. The maximum absolute atomic E-state index is 12.1. The highest BCUT2D eigenvalue weighted by atomic mass is 16.5. The summed E-state index contributed by atoms with van der Waals surface area (Å²) in [6, 6.07) is -0.328. The molecule has 1 aliphatic heterocycles. The predicted octanol–water partition coefficient (Wildman–Crippen LogP) is 0.836. The molecule has 106 valence electrons. The first-order chi connectivity index (χ1) is 9.06. The smallest absolute Gasteiger partial charge is 0.317 e. The van der Waals surface area contributed by atoms with E-state index in [9.17, 15) is 9.59 Å². The van der Waals surface area contributed by atoms with Gasteiger partial charge in [0.05, 0.1) is 18.1 Å². The molecule has 1 aliphatic carbocycles. The average Bonchev–Trinajstić information content (AvgIpc) is 2.71. The van der Waals surface area contributed by atoms with Gasteiger partial charge in [-0.25, -0.2) is 4.79 Å². The normalized spacial score (nSPS) is 31.0. The molecule has 0 radical (unpaired) electrons. The van der Waals surface area contributed by atoms with Crippen LogP contribution in [0, 0.1) is 5.92 Å². The van der Waals surface area contributed by atoms with E-state index in [-0.39, 0.29) is 18.2 Å². The molecule has 2 aliphatic rings. The zero-order chi connectivity index (χ0) is 13.8. The average molecular weight is 268 g/mol. The summed E-state index contributed by atoms with van der Waals surface area (Å²) in [6.07, 6.45) is 4.70. The van der Waals surface area contributed by atoms with Gasteiger partial charge in [0.25, 0.3) is 0 Å². The number of aliphatic carboxylic acids is 1. The standard InChI is InChI=1S/C13H20N2O4/c1-9-8-15(5-2-6-19-9)13(18)14-11-4-3-10(7-11)12(16)17/h3-4,9-11H,2,5-8H2,1H3,(H,14,18)(H,16,17). The molecule has 0 saturated carbocycles. The molecule has 0 aromatic heterocycles. The second kappa shape index (κ2) is 6.06. The highest BCUT2D eigenvalue weighted by molar-refractivity contribution is 5.76. The number of carbonyl (C=O) groups is 2. The van der Waals surface area contributed by atoms with Crippen LogP contribution in [-0.2, 0) is 9.53 Å². The summed E-state index contributed by atoms with van der Waals surface area (Å²) >= 11 is 0. The molecule has 0 spiro atoms. The highest BCUT2D eigenvalue weighted by Gasteiger charge is 2.27. The summed E-state index contributed by atoms with van der Waals surface area (Å²) in [4.78, 5) is 24.7. The Morgan fingerprint density at radius 1 is 1.42 bits per heavy atom. The minimum Gasteiger partial charge on any atom is -0.481 e. The second-order valence-corrected chi connectivity index (χ2v) is 5.10. The van der Waals surface area contributed by atoms with Crippen LogP contribution in [-0.4, -0.2) is 53.8 Å². The van der Waals surface area contributed by atoms with Crippen LogP contribution in [0.15, 0.2) is 12.2 Å². The van der Waals surface area contributed by atoms with Gasteiger partial charge in [-0.1, -0.05) is 12.2 Å². The quantitative estimate of drug-likeness (QED) is 0.727. The van der Waals surface area contributed by atoms with Crippen LogP contribution >= 0.6 is 0 Å². The van der Waals surface area contributed by atoms with E-state index in [4.69, 9.17) is 9.84 Å². The summed E-state index contributed by atoms with van der Waals surface area (Å²) in [5.41, 5.74) is 0. The fourth-order valence-corrected chi connectivity index (χ4v) is 2.42. The topological polar surface area (TPSA) is 78.9 Å². The summed E-state index contributed by atoms with van der Waals surface area (Å²) in [5.74, 6) is -1.33. The fraction of sp³-hybridized carbons (Fsp3) is 0.692. The molecule has 0 aromatic carbocycles. The van der Waals surface area contributed by atoms with Gasteiger partial charge < -0.3 is 20.1 Å². The van der Waals surface area contributed by atoms with E-state index in [1.807, 2.05) is 6.92 Å². The Morgan fingerprint density at radius 3 is 2.89 bits per heavy atom. The van der Waals surface area contributed by atoms with Crippen molar-refractivity contribution in [2.75, 3.05) is 19.7 Å². The van der Waals surface area contributed by atoms with E-state index < -0.39 is 11.9 Å². The number of nitrogens with one attached hydrogen (secondary N) is 1. The SMILES string of the molecule is CC1CN(C(=O)NC2C=CC(C(=O)O)C2)CCCO1. The summed E-state index contributed by atoms with van der Waals surface area (Å²) in [7, 11) is 0. The first-order valence-electron chi connectivity index (χ1n) is 6.64. The van der Waals surface area contributed by atoms with Gasteiger partial charge in [0.15, 0.2) is 0 Å². The van der Waals surface area contributed by atoms with E-state index in [1.54, 1.807) is 17.1 Å². The maximum atomic E-state index is 12.1. The van der Waals surface area contributed by atoms with Crippen molar-refractivity contribution in [3.05, 3.63) is 12.2 Å². The number of urea groups is 1. The molecular formula is C13H20N2O4. The minimum absolute atomic E-state index is 0.0409. The number of carboxylic acids is 1. The van der Waals surface area contributed by atoms with Crippen molar-refractivity contribution < 1.29 is 19.4 Å². The zero-order valence-corrected chi connectivity index (χ0v) is 11.0. The fourth-order valence-electron chi connectivity index (χ4n) is 2.42. The van der Waals surface area contributed by atoms with Gasteiger partial charge in [0.1, 0.15) is 0 Å². The molecule has 3 unspecified atom stereocenters. The van der Waals surface area contributed by atoms with E-state index in [1.165, 1.54) is 0 Å². The lowest BCUT2D eigenvalue weighted by molar-refractivity contribution is -0.140. The lowest BCUT2D eigenvalue weighted by Gasteiger charge is -2.24. The van der Waals surface area contributed by atoms with Crippen LogP contribution in [0.1, 0.15) is 19.8 Å². The Bertz CT molecular complexity index is 383. The van der Waals surface area contributed by atoms with E-state index in [0.29, 0.717) is 26.1 Å². The van der Waals surface area contributed by atoms with E-state index in [0.717, 1.165) is 6.42 Å². The predicted molar refractivity (Wildman–Crippen MR) is 68.8 cm³/mol. The summed E-state index contributed by atoms with van der Waals surface area (Å²) < 4.78 is 5.49. The Morgan fingerprint density at radius 2 is 2.21 bits per heavy atom. The Balaban J connectivity index is 1.84. The molecule has 2 rings (SSSR count). The number of carbonyl (C=O) groups excluding carboxylic acids is 1. The molecule has 6 nitrogen and oxygen atoms in total. The first kappa shape index (κ1) is 13.9. The third kappa shape index (κ3) is 3.70. The molecular weight excluding hydrogens is 248 g/mol. The molecule has 6 heteroatoms. The number of hydrogen-bond donors (Lipinski definition) is 2. The molecule has 2 amide bonds. The van der Waals surface area contributed by atoms with Gasteiger partial charge >= 0.3 is 12.0 Å². The van der Waals surface area contributed by atoms with Crippen molar-refractivity contribution in [3.8, 4) is 0 Å². The third-order valence-electron chi connectivity index (χ3n) is 3.45. The van der Waals surface area contributed by atoms with Gasteiger partial charge in [0, 0.05) is 19.7 Å². The van der Waals surface area contributed by atoms with Crippen LogP contribution in [0.3, 0.4) is 0 Å². The molecule has 3 atom stereocenters. The summed E-state index contributed by atoms with van der Waals surface area (Å²) in [5, 5.41) is 11.8. The Hall–Kier alpha value is -1.56. The van der Waals surface area contributed by atoms with E-state index in [2.05, 4.69) is 5.32 Å². The molecule has 1 saturated heterocycles. The molecule has 19 heavy (non-hydrogen) atoms. The number of hydrogen-bond acceptors (Lipinski definition) is 3. The first-order valence-corrected chi connectivity index (χ1v) is 6.64. The lowest BCUT2D eigenvalue weighted by atomic mass is 10.1. The number of ether oxygens (including phenoxy) is 1. The van der Waals surface area contributed by atoms with Gasteiger partial charge in [-0.05, 0) is 19.8 Å². The van der Waals surface area contributed by atoms with Gasteiger partial charge in [-0.15, -0.1) is 0 Å². The molecule has 0 bridgehead atoms. The Kier molecular flexibility index (Phi) is 4.42. The minimum atomic E-state index is -0.843.